The molecule has 1 fully saturated rings. The molecule has 3 N–H and O–H groups in total. The highest BCUT2D eigenvalue weighted by molar-refractivity contribution is 7.12. The summed E-state index contributed by atoms with van der Waals surface area (Å²) >= 11 is 0.735. The number of carboxylic acid groups (broad SMARTS) is 2. The summed E-state index contributed by atoms with van der Waals surface area (Å²) in [7, 11) is 0. The molecule has 180 valence electrons. The molecule has 4 rings (SSSR count). The summed E-state index contributed by atoms with van der Waals surface area (Å²) in [6.45, 7) is 0.120. The van der Waals surface area contributed by atoms with Crippen molar-refractivity contribution in [1.82, 2.24) is 10.2 Å². The number of likely N-dealkylation sites (tertiary alicyclic amines) is 1. The van der Waals surface area contributed by atoms with Crippen LogP contribution in [0.5, 0.6) is 0 Å². The predicted octanol–water partition coefficient (Wildman–Crippen LogP) is 3.42. The number of halogens is 4. The van der Waals surface area contributed by atoms with Crippen molar-refractivity contribution in [3.8, 4) is 0 Å². The molecule has 1 aromatic heterocycles. The molecule has 2 aliphatic heterocycles. The van der Waals surface area contributed by atoms with E-state index in [-0.39, 0.29) is 17.1 Å². The van der Waals surface area contributed by atoms with E-state index in [0.717, 1.165) is 28.4 Å². The summed E-state index contributed by atoms with van der Waals surface area (Å²) in [4.78, 5) is 29.8. The van der Waals surface area contributed by atoms with E-state index < -0.39 is 59.9 Å². The highest BCUT2D eigenvalue weighted by Gasteiger charge is 2.50. The Morgan fingerprint density at radius 3 is 2.41 bits per heavy atom. The van der Waals surface area contributed by atoms with E-state index >= 15 is 0 Å². The monoisotopic (exact) mass is 497 g/mol. The minimum Gasteiger partial charge on any atom is -0.480 e. The Labute approximate surface area is 195 Å². The van der Waals surface area contributed by atoms with E-state index in [2.05, 4.69) is 10.3 Å². The summed E-state index contributed by atoms with van der Waals surface area (Å²) in [6, 6.07) is 6.04. The molecule has 0 saturated carbocycles. The van der Waals surface area contributed by atoms with E-state index in [4.69, 9.17) is 0 Å². The van der Waals surface area contributed by atoms with Crippen molar-refractivity contribution in [2.45, 2.75) is 30.8 Å². The number of alkyl halides is 2. The summed E-state index contributed by atoms with van der Waals surface area (Å²) in [5.41, 5.74) is -1.71. The molecule has 2 aliphatic rings. The molecule has 34 heavy (non-hydrogen) atoms. The van der Waals surface area contributed by atoms with Crippen LogP contribution in [-0.4, -0.2) is 57.9 Å². The Hall–Kier alpha value is -3.25. The van der Waals surface area contributed by atoms with Crippen molar-refractivity contribution < 1.29 is 37.4 Å². The van der Waals surface area contributed by atoms with Crippen LogP contribution >= 0.6 is 11.3 Å². The van der Waals surface area contributed by atoms with Gasteiger partial charge in [0.05, 0.1) is 17.0 Å². The number of hydrogen-bond acceptors (Lipinski definition) is 6. The average molecular weight is 497 g/mol. The molecule has 0 aliphatic carbocycles. The van der Waals surface area contributed by atoms with E-state index in [0.29, 0.717) is 10.4 Å². The first kappa shape index (κ1) is 23.9. The van der Waals surface area contributed by atoms with Gasteiger partial charge in [-0.3, -0.25) is 14.7 Å². The van der Waals surface area contributed by atoms with Gasteiger partial charge in [-0.15, -0.1) is 11.3 Å². The van der Waals surface area contributed by atoms with E-state index in [1.165, 1.54) is 31.2 Å². The van der Waals surface area contributed by atoms with Crippen LogP contribution in [0.3, 0.4) is 0 Å². The van der Waals surface area contributed by atoms with Crippen molar-refractivity contribution in [3.05, 3.63) is 69.1 Å². The van der Waals surface area contributed by atoms with Gasteiger partial charge in [0.2, 0.25) is 0 Å². The third-order valence-corrected chi connectivity index (χ3v) is 6.71. The van der Waals surface area contributed by atoms with Crippen LogP contribution < -0.4 is 5.32 Å². The van der Waals surface area contributed by atoms with Gasteiger partial charge in [-0.1, -0.05) is 12.1 Å². The highest BCUT2D eigenvalue weighted by Crippen LogP contribution is 2.40. The normalized spacial score (nSPS) is 24.6. The molecular formula is C22H19F4N3O4S. The Balaban J connectivity index is 1.85. The van der Waals surface area contributed by atoms with Crippen LogP contribution in [0.1, 0.15) is 23.8 Å². The third-order valence-electron chi connectivity index (χ3n) is 5.83. The standard InChI is InChI=1S/C22H19F4N3O4S/c1-21(11-2-4-12(23)5-3-11)17(20(32)33)13(27-18(28-21)15-6-7-16(24)34-15)9-29-10-22(25,26)8-14(29)19(30)31/h2-7,14H,8-10H2,1H3,(H,27,28)(H,30,31)(H,32,33). The number of benzene rings is 1. The molecule has 12 heteroatoms. The van der Waals surface area contributed by atoms with Gasteiger partial charge in [0.15, 0.2) is 5.13 Å². The highest BCUT2D eigenvalue weighted by atomic mass is 32.1. The Bertz CT molecular complexity index is 1210. The zero-order chi connectivity index (χ0) is 24.8. The number of nitrogens with zero attached hydrogens (tertiary/aromatic N) is 2. The average Bonchev–Trinajstić information content (AvgIpc) is 3.30. The second-order valence-corrected chi connectivity index (χ2v) is 9.28. The second kappa shape index (κ2) is 8.51. The maximum Gasteiger partial charge on any atom is 0.336 e. The minimum absolute atomic E-state index is 0.0675. The van der Waals surface area contributed by atoms with Crippen LogP contribution in [0.15, 0.2) is 52.7 Å². The molecule has 0 amide bonds. The zero-order valence-corrected chi connectivity index (χ0v) is 18.5. The number of carboxylic acids is 2. The quantitative estimate of drug-likeness (QED) is 0.529. The lowest BCUT2D eigenvalue weighted by Crippen LogP contribution is -2.46. The zero-order valence-electron chi connectivity index (χ0n) is 17.7. The third kappa shape index (κ3) is 4.42. The van der Waals surface area contributed by atoms with Crippen molar-refractivity contribution in [2.24, 2.45) is 4.99 Å². The largest absolute Gasteiger partial charge is 0.480 e. The lowest BCUT2D eigenvalue weighted by molar-refractivity contribution is -0.142. The molecule has 1 saturated heterocycles. The van der Waals surface area contributed by atoms with Crippen LogP contribution in [-0.2, 0) is 15.1 Å². The van der Waals surface area contributed by atoms with Gasteiger partial charge in [0, 0.05) is 18.7 Å². The SMILES string of the molecule is CC1(c2ccc(F)cc2)N=C(c2ccc(F)s2)NC(CN2CC(F)(F)CC2C(=O)O)=C1C(=O)O. The Morgan fingerprint density at radius 2 is 1.85 bits per heavy atom. The van der Waals surface area contributed by atoms with Gasteiger partial charge in [-0.2, -0.15) is 4.39 Å². The van der Waals surface area contributed by atoms with Crippen LogP contribution in [0.2, 0.25) is 0 Å². The lowest BCUT2D eigenvalue weighted by Gasteiger charge is -2.36. The molecule has 7 nitrogen and oxygen atoms in total. The summed E-state index contributed by atoms with van der Waals surface area (Å²) in [5.74, 6) is -6.63. The van der Waals surface area contributed by atoms with Gasteiger partial charge >= 0.3 is 11.9 Å². The number of amidine groups is 1. The Kier molecular flexibility index (Phi) is 5.98. The molecule has 2 atom stereocenters. The number of aliphatic imine (C=N–C) groups is 1. The minimum atomic E-state index is -3.27. The van der Waals surface area contributed by atoms with Crippen molar-refractivity contribution in [1.29, 1.82) is 0 Å². The number of nitrogens with one attached hydrogen (secondary N) is 1. The van der Waals surface area contributed by atoms with E-state index in [1.54, 1.807) is 0 Å². The summed E-state index contributed by atoms with van der Waals surface area (Å²) < 4.78 is 55.4. The van der Waals surface area contributed by atoms with Gasteiger partial charge in [0.1, 0.15) is 23.2 Å². The fourth-order valence-electron chi connectivity index (χ4n) is 4.30. The Morgan fingerprint density at radius 1 is 1.18 bits per heavy atom. The molecule has 1 aromatic carbocycles. The first-order valence-electron chi connectivity index (χ1n) is 10.1. The fourth-order valence-corrected chi connectivity index (χ4v) is 4.98. The van der Waals surface area contributed by atoms with Crippen molar-refractivity contribution >= 4 is 29.1 Å². The number of carbonyl (C=O) groups is 2. The maximum atomic E-state index is 14.1. The van der Waals surface area contributed by atoms with Crippen molar-refractivity contribution in [3.63, 3.8) is 0 Å². The molecule has 0 bridgehead atoms. The van der Waals surface area contributed by atoms with E-state index in [1.807, 2.05) is 0 Å². The number of rotatable bonds is 6. The lowest BCUT2D eigenvalue weighted by atomic mass is 9.82. The smallest absolute Gasteiger partial charge is 0.336 e. The van der Waals surface area contributed by atoms with Gasteiger partial charge in [-0.25, -0.2) is 18.0 Å². The van der Waals surface area contributed by atoms with Crippen LogP contribution in [0, 0.1) is 10.9 Å². The fraction of sp³-hybridized carbons (Fsp3) is 0.318. The van der Waals surface area contributed by atoms with Gasteiger partial charge in [-0.05, 0) is 36.8 Å². The summed E-state index contributed by atoms with van der Waals surface area (Å²) in [6.07, 6.45) is -0.912. The number of hydrogen-bond donors (Lipinski definition) is 3. The van der Waals surface area contributed by atoms with Gasteiger partial charge in [0.25, 0.3) is 5.92 Å². The molecule has 2 aromatic rings. The molecule has 2 unspecified atom stereocenters. The van der Waals surface area contributed by atoms with Crippen molar-refractivity contribution in [2.75, 3.05) is 13.1 Å². The molecule has 0 spiro atoms. The molecule has 0 radical (unpaired) electrons. The topological polar surface area (TPSA) is 102 Å². The first-order valence-corrected chi connectivity index (χ1v) is 10.9. The second-order valence-electron chi connectivity index (χ2n) is 8.25. The van der Waals surface area contributed by atoms with Gasteiger partial charge < -0.3 is 15.5 Å². The van der Waals surface area contributed by atoms with Crippen LogP contribution in [0.4, 0.5) is 17.6 Å². The predicted molar refractivity (Wildman–Crippen MR) is 115 cm³/mol. The number of thiophene rings is 1. The molecular weight excluding hydrogens is 478 g/mol. The maximum absolute atomic E-state index is 14.1. The number of aliphatic carboxylic acids is 2. The summed E-state index contributed by atoms with van der Waals surface area (Å²) in [5, 5.41) is 21.8. The molecule has 3 heterocycles. The first-order chi connectivity index (χ1) is 15.9. The van der Waals surface area contributed by atoms with Crippen LogP contribution in [0.25, 0.3) is 0 Å². The van der Waals surface area contributed by atoms with E-state index in [9.17, 15) is 37.4 Å².